The number of nitrogens with zero attached hydrogens (tertiary/aromatic N) is 1. The summed E-state index contributed by atoms with van der Waals surface area (Å²) >= 11 is 1.64. The summed E-state index contributed by atoms with van der Waals surface area (Å²) in [5.41, 5.74) is 4.75. The van der Waals surface area contributed by atoms with Crippen LogP contribution in [-0.4, -0.2) is 4.98 Å². The molecule has 1 heterocycles. The molecule has 0 atom stereocenters. The minimum atomic E-state index is 0. The summed E-state index contributed by atoms with van der Waals surface area (Å²) in [6.45, 7) is 2.91. The standard InChI is InChI=1S/C17H16N2S.ClH/c1-13-7-9-14(10-8-13)11-18-17-19-16(12-20-17)15-5-3-2-4-6-15;/h2-10,12H,11H2,1H3,(H,18,19);1H. The minimum absolute atomic E-state index is 0. The predicted octanol–water partition coefficient (Wildman–Crippen LogP) is 5.15. The number of nitrogens with one attached hydrogen (secondary N) is 1. The van der Waals surface area contributed by atoms with Crippen LogP contribution in [0.2, 0.25) is 0 Å². The Hall–Kier alpha value is -1.84. The van der Waals surface area contributed by atoms with E-state index in [2.05, 4.69) is 59.0 Å². The van der Waals surface area contributed by atoms with Crippen molar-refractivity contribution in [1.29, 1.82) is 0 Å². The van der Waals surface area contributed by atoms with Crippen molar-refractivity contribution in [1.82, 2.24) is 4.98 Å². The third-order valence-electron chi connectivity index (χ3n) is 3.14. The summed E-state index contributed by atoms with van der Waals surface area (Å²) < 4.78 is 0. The van der Waals surface area contributed by atoms with Crippen LogP contribution in [0.1, 0.15) is 11.1 Å². The lowest BCUT2D eigenvalue weighted by Gasteiger charge is -2.03. The van der Waals surface area contributed by atoms with Gasteiger partial charge in [0.2, 0.25) is 0 Å². The topological polar surface area (TPSA) is 24.9 Å². The summed E-state index contributed by atoms with van der Waals surface area (Å²) in [6, 6.07) is 18.8. The Bertz CT molecular complexity index is 678. The molecule has 3 aromatic rings. The normalized spacial score (nSPS) is 9.95. The van der Waals surface area contributed by atoms with Gasteiger partial charge in [0.15, 0.2) is 5.13 Å². The first kappa shape index (κ1) is 15.5. The van der Waals surface area contributed by atoms with Gasteiger partial charge in [-0.3, -0.25) is 0 Å². The number of aromatic nitrogens is 1. The van der Waals surface area contributed by atoms with Crippen molar-refractivity contribution >= 4 is 28.9 Å². The van der Waals surface area contributed by atoms with Crippen molar-refractivity contribution in [3.05, 3.63) is 71.1 Å². The molecule has 3 rings (SSSR count). The molecule has 2 aromatic carbocycles. The molecule has 0 radical (unpaired) electrons. The molecule has 108 valence electrons. The van der Waals surface area contributed by atoms with Crippen molar-refractivity contribution in [3.63, 3.8) is 0 Å². The molecule has 1 aromatic heterocycles. The zero-order valence-corrected chi connectivity index (χ0v) is 13.4. The summed E-state index contributed by atoms with van der Waals surface area (Å²) in [6.07, 6.45) is 0. The molecule has 0 bridgehead atoms. The molecule has 4 heteroatoms. The van der Waals surface area contributed by atoms with Crippen LogP contribution in [0, 0.1) is 6.92 Å². The molecular formula is C17H17ClN2S. The fourth-order valence-corrected chi connectivity index (χ4v) is 2.70. The molecule has 0 amide bonds. The third-order valence-corrected chi connectivity index (χ3v) is 3.94. The fourth-order valence-electron chi connectivity index (χ4n) is 1.98. The van der Waals surface area contributed by atoms with Gasteiger partial charge in [-0.2, -0.15) is 0 Å². The molecule has 0 unspecified atom stereocenters. The fraction of sp³-hybridized carbons (Fsp3) is 0.118. The van der Waals surface area contributed by atoms with E-state index in [4.69, 9.17) is 0 Å². The Morgan fingerprint density at radius 3 is 2.43 bits per heavy atom. The zero-order chi connectivity index (χ0) is 13.8. The van der Waals surface area contributed by atoms with E-state index < -0.39 is 0 Å². The van der Waals surface area contributed by atoms with Gasteiger partial charge >= 0.3 is 0 Å². The number of halogens is 1. The number of rotatable bonds is 4. The van der Waals surface area contributed by atoms with Crippen LogP contribution in [0.25, 0.3) is 11.3 Å². The molecular weight excluding hydrogens is 300 g/mol. The van der Waals surface area contributed by atoms with Crippen LogP contribution in [0.3, 0.4) is 0 Å². The van der Waals surface area contributed by atoms with E-state index in [1.807, 2.05) is 18.2 Å². The molecule has 0 aliphatic rings. The Morgan fingerprint density at radius 2 is 1.71 bits per heavy atom. The van der Waals surface area contributed by atoms with Gasteiger partial charge < -0.3 is 5.32 Å². The van der Waals surface area contributed by atoms with E-state index in [-0.39, 0.29) is 12.4 Å². The summed E-state index contributed by atoms with van der Waals surface area (Å²) in [4.78, 5) is 4.62. The second kappa shape index (κ2) is 7.25. The lowest BCUT2D eigenvalue weighted by molar-refractivity contribution is 1.13. The van der Waals surface area contributed by atoms with Crippen LogP contribution >= 0.6 is 23.7 Å². The van der Waals surface area contributed by atoms with Crippen LogP contribution in [0.4, 0.5) is 5.13 Å². The Morgan fingerprint density at radius 1 is 1.00 bits per heavy atom. The number of benzene rings is 2. The molecule has 21 heavy (non-hydrogen) atoms. The highest BCUT2D eigenvalue weighted by Gasteiger charge is 2.03. The average Bonchev–Trinajstić information content (AvgIpc) is 2.97. The first-order valence-electron chi connectivity index (χ1n) is 6.61. The third kappa shape index (κ3) is 4.06. The maximum Gasteiger partial charge on any atom is 0.183 e. The summed E-state index contributed by atoms with van der Waals surface area (Å²) in [5, 5.41) is 6.43. The second-order valence-electron chi connectivity index (χ2n) is 4.74. The van der Waals surface area contributed by atoms with Crippen molar-refractivity contribution < 1.29 is 0 Å². The Labute approximate surface area is 135 Å². The monoisotopic (exact) mass is 316 g/mol. The van der Waals surface area contributed by atoms with E-state index >= 15 is 0 Å². The molecule has 0 aliphatic carbocycles. The highest BCUT2D eigenvalue weighted by molar-refractivity contribution is 7.14. The molecule has 0 saturated heterocycles. The zero-order valence-electron chi connectivity index (χ0n) is 11.7. The van der Waals surface area contributed by atoms with Gasteiger partial charge in [-0.05, 0) is 12.5 Å². The van der Waals surface area contributed by atoms with Gasteiger partial charge in [0.1, 0.15) is 0 Å². The van der Waals surface area contributed by atoms with Gasteiger partial charge in [0.25, 0.3) is 0 Å². The lowest BCUT2D eigenvalue weighted by atomic mass is 10.1. The number of thiazole rings is 1. The van der Waals surface area contributed by atoms with Gasteiger partial charge in [0.05, 0.1) is 5.69 Å². The SMILES string of the molecule is Cc1ccc(CNc2nc(-c3ccccc3)cs2)cc1.Cl. The maximum atomic E-state index is 4.62. The number of hydrogen-bond acceptors (Lipinski definition) is 3. The maximum absolute atomic E-state index is 4.62. The molecule has 0 spiro atoms. The molecule has 2 nitrogen and oxygen atoms in total. The number of hydrogen-bond donors (Lipinski definition) is 1. The van der Waals surface area contributed by atoms with E-state index in [1.165, 1.54) is 11.1 Å². The minimum Gasteiger partial charge on any atom is -0.357 e. The number of anilines is 1. The van der Waals surface area contributed by atoms with Gasteiger partial charge in [-0.15, -0.1) is 23.7 Å². The molecule has 0 saturated carbocycles. The Balaban J connectivity index is 0.00000161. The summed E-state index contributed by atoms with van der Waals surface area (Å²) in [7, 11) is 0. The van der Waals surface area contributed by atoms with Crippen LogP contribution < -0.4 is 5.32 Å². The smallest absolute Gasteiger partial charge is 0.183 e. The molecule has 0 fully saturated rings. The van der Waals surface area contributed by atoms with Gasteiger partial charge in [-0.1, -0.05) is 60.2 Å². The van der Waals surface area contributed by atoms with Crippen LogP contribution in [0.15, 0.2) is 60.0 Å². The van der Waals surface area contributed by atoms with E-state index in [0.29, 0.717) is 0 Å². The predicted molar refractivity (Wildman–Crippen MR) is 93.3 cm³/mol. The highest BCUT2D eigenvalue weighted by atomic mass is 35.5. The van der Waals surface area contributed by atoms with Crippen molar-refractivity contribution in [2.45, 2.75) is 13.5 Å². The van der Waals surface area contributed by atoms with Gasteiger partial charge in [0, 0.05) is 17.5 Å². The largest absolute Gasteiger partial charge is 0.357 e. The number of aryl methyl sites for hydroxylation is 1. The second-order valence-corrected chi connectivity index (χ2v) is 5.60. The first-order chi connectivity index (χ1) is 9.81. The van der Waals surface area contributed by atoms with E-state index in [1.54, 1.807) is 11.3 Å². The Kier molecular flexibility index (Phi) is 5.37. The van der Waals surface area contributed by atoms with E-state index in [9.17, 15) is 0 Å². The van der Waals surface area contributed by atoms with E-state index in [0.717, 1.165) is 22.9 Å². The van der Waals surface area contributed by atoms with Crippen LogP contribution in [-0.2, 0) is 6.54 Å². The summed E-state index contributed by atoms with van der Waals surface area (Å²) in [5.74, 6) is 0. The first-order valence-corrected chi connectivity index (χ1v) is 7.49. The van der Waals surface area contributed by atoms with Gasteiger partial charge in [-0.25, -0.2) is 4.98 Å². The lowest BCUT2D eigenvalue weighted by Crippen LogP contribution is -1.98. The molecule has 0 aliphatic heterocycles. The van der Waals surface area contributed by atoms with Crippen molar-refractivity contribution in [2.24, 2.45) is 0 Å². The highest BCUT2D eigenvalue weighted by Crippen LogP contribution is 2.24. The average molecular weight is 317 g/mol. The van der Waals surface area contributed by atoms with Crippen molar-refractivity contribution in [3.8, 4) is 11.3 Å². The van der Waals surface area contributed by atoms with Crippen LogP contribution in [0.5, 0.6) is 0 Å². The quantitative estimate of drug-likeness (QED) is 0.719. The van der Waals surface area contributed by atoms with Crippen molar-refractivity contribution in [2.75, 3.05) is 5.32 Å². The molecule has 1 N–H and O–H groups in total.